The standard InChI is InChI=1S/C13H13ClN4O2S3/c1-2-15-11(20)16-10(19)7-22-12-17-18(13(21)23-12)9-5-3-8(14)4-6-9/h3-6H,2,7H2,1H3,(H2,15,16,19,20). The lowest BCUT2D eigenvalue weighted by Gasteiger charge is -2.03. The summed E-state index contributed by atoms with van der Waals surface area (Å²) in [5.41, 5.74) is 0.800. The molecule has 2 N–H and O–H groups in total. The SMILES string of the molecule is CCNC(=O)NC(=O)CSc1nn(-c2ccc(Cl)cc2)c(=S)s1. The second-order valence-corrected chi connectivity index (χ2v) is 7.50. The highest BCUT2D eigenvalue weighted by Gasteiger charge is 2.11. The zero-order valence-corrected chi connectivity index (χ0v) is 15.2. The zero-order chi connectivity index (χ0) is 16.8. The van der Waals surface area contributed by atoms with Gasteiger partial charge in [-0.1, -0.05) is 34.7 Å². The molecule has 0 aliphatic carbocycles. The van der Waals surface area contributed by atoms with Gasteiger partial charge in [0, 0.05) is 11.6 Å². The van der Waals surface area contributed by atoms with Gasteiger partial charge in [0.05, 0.1) is 11.4 Å². The summed E-state index contributed by atoms with van der Waals surface area (Å²) in [6.45, 7) is 2.23. The summed E-state index contributed by atoms with van der Waals surface area (Å²) >= 11 is 13.7. The molecule has 0 aliphatic rings. The van der Waals surface area contributed by atoms with Crippen LogP contribution in [0.1, 0.15) is 6.92 Å². The topological polar surface area (TPSA) is 76.0 Å². The van der Waals surface area contributed by atoms with Crippen molar-refractivity contribution < 1.29 is 9.59 Å². The molecule has 3 amide bonds. The number of urea groups is 1. The molecule has 0 saturated carbocycles. The van der Waals surface area contributed by atoms with Crippen LogP contribution in [0.3, 0.4) is 0 Å². The number of carbonyl (C=O) groups excluding carboxylic acids is 2. The molecule has 0 aliphatic heterocycles. The Morgan fingerprint density at radius 1 is 1.39 bits per heavy atom. The van der Waals surface area contributed by atoms with Crippen molar-refractivity contribution in [2.75, 3.05) is 12.3 Å². The monoisotopic (exact) mass is 388 g/mol. The van der Waals surface area contributed by atoms with Crippen LogP contribution in [0.15, 0.2) is 28.6 Å². The minimum atomic E-state index is -0.502. The zero-order valence-electron chi connectivity index (χ0n) is 12.0. The first-order valence-corrected chi connectivity index (χ1v) is 9.15. The Morgan fingerprint density at radius 2 is 2.09 bits per heavy atom. The lowest BCUT2D eigenvalue weighted by molar-refractivity contribution is -0.117. The van der Waals surface area contributed by atoms with Gasteiger partial charge < -0.3 is 5.32 Å². The summed E-state index contributed by atoms with van der Waals surface area (Å²) in [5.74, 6) is -0.305. The Hall–Kier alpha value is -1.42. The number of halogens is 1. The molecule has 1 aromatic heterocycles. The summed E-state index contributed by atoms with van der Waals surface area (Å²) < 4.78 is 2.83. The molecule has 0 spiro atoms. The first-order valence-electron chi connectivity index (χ1n) is 6.56. The van der Waals surface area contributed by atoms with Crippen molar-refractivity contribution in [2.45, 2.75) is 11.3 Å². The fourth-order valence-electron chi connectivity index (χ4n) is 1.56. The van der Waals surface area contributed by atoms with E-state index in [9.17, 15) is 9.59 Å². The lowest BCUT2D eigenvalue weighted by atomic mass is 10.3. The largest absolute Gasteiger partial charge is 0.338 e. The van der Waals surface area contributed by atoms with Crippen molar-refractivity contribution in [1.82, 2.24) is 20.4 Å². The van der Waals surface area contributed by atoms with Crippen molar-refractivity contribution in [3.63, 3.8) is 0 Å². The number of hydrogen-bond donors (Lipinski definition) is 2. The molecule has 10 heteroatoms. The van der Waals surface area contributed by atoms with E-state index in [0.717, 1.165) is 5.69 Å². The maximum atomic E-state index is 11.6. The van der Waals surface area contributed by atoms with E-state index in [0.29, 0.717) is 19.9 Å². The lowest BCUT2D eigenvalue weighted by Crippen LogP contribution is -2.40. The van der Waals surface area contributed by atoms with Crippen molar-refractivity contribution in [3.8, 4) is 5.69 Å². The van der Waals surface area contributed by atoms with Gasteiger partial charge in [0.2, 0.25) is 5.91 Å². The third-order valence-corrected chi connectivity index (χ3v) is 5.13. The maximum Gasteiger partial charge on any atom is 0.321 e. The molecule has 0 radical (unpaired) electrons. The minimum Gasteiger partial charge on any atom is -0.338 e. The summed E-state index contributed by atoms with van der Waals surface area (Å²) in [6, 6.07) is 6.63. The summed E-state index contributed by atoms with van der Waals surface area (Å²) in [4.78, 5) is 22.9. The Kier molecular flexibility index (Phi) is 6.58. The van der Waals surface area contributed by atoms with E-state index in [1.165, 1.54) is 23.1 Å². The quantitative estimate of drug-likeness (QED) is 0.607. The third-order valence-electron chi connectivity index (χ3n) is 2.52. The number of rotatable bonds is 5. The fourth-order valence-corrected chi connectivity index (χ4v) is 3.85. The summed E-state index contributed by atoms with van der Waals surface area (Å²) in [6.07, 6.45) is 0. The average molecular weight is 389 g/mol. The van der Waals surface area contributed by atoms with Gasteiger partial charge in [-0.15, -0.1) is 5.10 Å². The number of aromatic nitrogens is 2. The number of amides is 3. The van der Waals surface area contributed by atoms with Crippen LogP contribution in [-0.4, -0.2) is 34.0 Å². The molecule has 2 rings (SSSR count). The second kappa shape index (κ2) is 8.44. The maximum absolute atomic E-state index is 11.6. The molecule has 0 bridgehead atoms. The molecule has 122 valence electrons. The van der Waals surface area contributed by atoms with E-state index >= 15 is 0 Å². The number of benzene rings is 1. The van der Waals surface area contributed by atoms with Crippen LogP contribution < -0.4 is 10.6 Å². The van der Waals surface area contributed by atoms with Crippen molar-refractivity contribution in [2.24, 2.45) is 0 Å². The van der Waals surface area contributed by atoms with Crippen molar-refractivity contribution in [1.29, 1.82) is 0 Å². The molecule has 0 fully saturated rings. The summed E-state index contributed by atoms with van der Waals surface area (Å²) in [5, 5.41) is 9.72. The molecular weight excluding hydrogens is 376 g/mol. The second-order valence-electron chi connectivity index (χ2n) is 4.22. The van der Waals surface area contributed by atoms with E-state index in [-0.39, 0.29) is 11.7 Å². The van der Waals surface area contributed by atoms with Gasteiger partial charge in [0.1, 0.15) is 0 Å². The number of nitrogens with one attached hydrogen (secondary N) is 2. The Morgan fingerprint density at radius 3 is 2.74 bits per heavy atom. The van der Waals surface area contributed by atoms with Crippen LogP contribution in [0.2, 0.25) is 5.02 Å². The number of hydrogen-bond acceptors (Lipinski definition) is 6. The molecule has 0 unspecified atom stereocenters. The number of imide groups is 1. The van der Waals surface area contributed by atoms with Crippen LogP contribution in [0.5, 0.6) is 0 Å². The molecule has 1 aromatic carbocycles. The van der Waals surface area contributed by atoms with Gasteiger partial charge in [0.15, 0.2) is 8.29 Å². The fraction of sp³-hybridized carbons (Fsp3) is 0.231. The van der Waals surface area contributed by atoms with Gasteiger partial charge in [-0.2, -0.15) is 0 Å². The Bertz CT molecular complexity index is 757. The summed E-state index contributed by atoms with van der Waals surface area (Å²) in [7, 11) is 0. The predicted octanol–water partition coefficient (Wildman–Crippen LogP) is 3.25. The van der Waals surface area contributed by atoms with Gasteiger partial charge >= 0.3 is 6.03 Å². The first-order chi connectivity index (χ1) is 11.0. The molecule has 1 heterocycles. The molecule has 0 saturated heterocycles. The van der Waals surface area contributed by atoms with Crippen molar-refractivity contribution in [3.05, 3.63) is 33.2 Å². The molecular formula is C13H13ClN4O2S3. The van der Waals surface area contributed by atoms with Gasteiger partial charge in [-0.25, -0.2) is 9.48 Å². The van der Waals surface area contributed by atoms with Gasteiger partial charge in [-0.3, -0.25) is 10.1 Å². The van der Waals surface area contributed by atoms with Crippen LogP contribution in [0, 0.1) is 3.95 Å². The molecule has 23 heavy (non-hydrogen) atoms. The highest BCUT2D eigenvalue weighted by Crippen LogP contribution is 2.24. The predicted molar refractivity (Wildman–Crippen MR) is 95.2 cm³/mol. The number of thioether (sulfide) groups is 1. The average Bonchev–Trinajstić information content (AvgIpc) is 2.87. The van der Waals surface area contributed by atoms with E-state index in [2.05, 4.69) is 15.7 Å². The van der Waals surface area contributed by atoms with Crippen LogP contribution in [-0.2, 0) is 4.79 Å². The van der Waals surface area contributed by atoms with Crippen LogP contribution in [0.4, 0.5) is 4.79 Å². The number of nitrogens with zero attached hydrogens (tertiary/aromatic N) is 2. The highest BCUT2D eigenvalue weighted by molar-refractivity contribution is 8.01. The molecule has 2 aromatic rings. The Labute approximate surface area is 151 Å². The van der Waals surface area contributed by atoms with Gasteiger partial charge in [0.25, 0.3) is 0 Å². The molecule has 6 nitrogen and oxygen atoms in total. The van der Waals surface area contributed by atoms with E-state index in [1.54, 1.807) is 23.7 Å². The number of carbonyl (C=O) groups is 2. The van der Waals surface area contributed by atoms with E-state index in [4.69, 9.17) is 23.8 Å². The van der Waals surface area contributed by atoms with E-state index < -0.39 is 6.03 Å². The Balaban J connectivity index is 1.99. The van der Waals surface area contributed by atoms with Crippen LogP contribution in [0.25, 0.3) is 5.69 Å². The highest BCUT2D eigenvalue weighted by atomic mass is 35.5. The first kappa shape index (κ1) is 17.9. The minimum absolute atomic E-state index is 0.0834. The van der Waals surface area contributed by atoms with Crippen LogP contribution >= 0.6 is 46.9 Å². The van der Waals surface area contributed by atoms with Gasteiger partial charge in [-0.05, 0) is 43.4 Å². The smallest absolute Gasteiger partial charge is 0.321 e. The normalized spacial score (nSPS) is 10.3. The van der Waals surface area contributed by atoms with E-state index in [1.807, 2.05) is 12.1 Å². The van der Waals surface area contributed by atoms with Crippen molar-refractivity contribution >= 4 is 58.9 Å². The third kappa shape index (κ3) is 5.31. The molecule has 0 atom stereocenters.